The van der Waals surface area contributed by atoms with E-state index in [2.05, 4.69) is 40.8 Å². The second kappa shape index (κ2) is 7.89. The first-order valence-electron chi connectivity index (χ1n) is 8.79. The van der Waals surface area contributed by atoms with E-state index in [0.717, 1.165) is 32.4 Å². The van der Waals surface area contributed by atoms with Crippen LogP contribution in [0.2, 0.25) is 0 Å². The molecule has 6 heteroatoms. The van der Waals surface area contributed by atoms with Crippen LogP contribution in [0.5, 0.6) is 11.5 Å². The summed E-state index contributed by atoms with van der Waals surface area (Å²) in [4.78, 5) is 2.33. The fraction of sp³-hybridized carbons (Fsp3) is 0.400. The molecule has 0 radical (unpaired) electrons. The molecule has 0 amide bonds. The Bertz CT molecular complexity index is 690. The Balaban J connectivity index is 1.50. The van der Waals surface area contributed by atoms with Gasteiger partial charge in [-0.3, -0.25) is 0 Å². The number of hydrogen-bond acceptors (Lipinski definition) is 3. The largest absolute Gasteiger partial charge is 0.573 e. The van der Waals surface area contributed by atoms with E-state index in [0.29, 0.717) is 5.75 Å². The van der Waals surface area contributed by atoms with Gasteiger partial charge in [-0.15, -0.1) is 13.2 Å². The van der Waals surface area contributed by atoms with Crippen molar-refractivity contribution in [1.82, 2.24) is 0 Å². The Labute approximate surface area is 151 Å². The number of anilines is 1. The van der Waals surface area contributed by atoms with Crippen molar-refractivity contribution in [2.45, 2.75) is 38.7 Å². The van der Waals surface area contributed by atoms with E-state index in [1.165, 1.54) is 35.5 Å². The van der Waals surface area contributed by atoms with Gasteiger partial charge in [-0.25, -0.2) is 0 Å². The van der Waals surface area contributed by atoms with E-state index < -0.39 is 6.36 Å². The van der Waals surface area contributed by atoms with Crippen LogP contribution in [0.15, 0.2) is 48.5 Å². The third-order valence-corrected chi connectivity index (χ3v) is 4.51. The molecular formula is C20H22F3NO2. The van der Waals surface area contributed by atoms with E-state index in [-0.39, 0.29) is 11.9 Å². The SMILES string of the molecule is CCc1ccc(N2CCC(Oc3ccc(OC(F)(F)F)cc3)CC2)cc1. The van der Waals surface area contributed by atoms with E-state index in [9.17, 15) is 13.2 Å². The summed E-state index contributed by atoms with van der Waals surface area (Å²) in [7, 11) is 0. The standard InChI is InChI=1S/C20H22F3NO2/c1-2-15-3-5-16(6-4-15)24-13-11-18(12-14-24)25-17-7-9-19(10-8-17)26-20(21,22)23/h3-10,18H,2,11-14H2,1H3. The lowest BCUT2D eigenvalue weighted by molar-refractivity contribution is -0.274. The average molecular weight is 365 g/mol. The van der Waals surface area contributed by atoms with Gasteiger partial charge in [0.05, 0.1) is 0 Å². The zero-order chi connectivity index (χ0) is 18.6. The second-order valence-corrected chi connectivity index (χ2v) is 6.34. The van der Waals surface area contributed by atoms with Crippen LogP contribution in [0.1, 0.15) is 25.3 Å². The van der Waals surface area contributed by atoms with Gasteiger partial charge in [-0.2, -0.15) is 0 Å². The van der Waals surface area contributed by atoms with E-state index in [4.69, 9.17) is 4.74 Å². The number of piperidine rings is 1. The number of rotatable bonds is 5. The Hall–Kier alpha value is -2.37. The molecule has 1 saturated heterocycles. The summed E-state index contributed by atoms with van der Waals surface area (Å²) in [5.74, 6) is 0.320. The molecule has 1 aliphatic heterocycles. The molecule has 0 atom stereocenters. The van der Waals surface area contributed by atoms with Crippen molar-refractivity contribution in [3.05, 3.63) is 54.1 Å². The molecule has 0 aromatic heterocycles. The fourth-order valence-corrected chi connectivity index (χ4v) is 3.09. The first kappa shape index (κ1) is 18.4. The maximum atomic E-state index is 12.2. The van der Waals surface area contributed by atoms with Crippen molar-refractivity contribution in [2.24, 2.45) is 0 Å². The second-order valence-electron chi connectivity index (χ2n) is 6.34. The first-order chi connectivity index (χ1) is 12.4. The van der Waals surface area contributed by atoms with E-state index in [1.54, 1.807) is 0 Å². The van der Waals surface area contributed by atoms with Gasteiger partial charge >= 0.3 is 6.36 Å². The van der Waals surface area contributed by atoms with Crippen LogP contribution >= 0.6 is 0 Å². The van der Waals surface area contributed by atoms with Crippen molar-refractivity contribution in [1.29, 1.82) is 0 Å². The van der Waals surface area contributed by atoms with Crippen LogP contribution < -0.4 is 14.4 Å². The van der Waals surface area contributed by atoms with E-state index >= 15 is 0 Å². The molecule has 0 unspecified atom stereocenters. The quantitative estimate of drug-likeness (QED) is 0.727. The molecule has 1 heterocycles. The topological polar surface area (TPSA) is 21.7 Å². The molecule has 0 spiro atoms. The van der Waals surface area contributed by atoms with Gasteiger partial charge in [0.2, 0.25) is 0 Å². The van der Waals surface area contributed by atoms with Gasteiger partial charge in [0.1, 0.15) is 17.6 Å². The summed E-state index contributed by atoms with van der Waals surface area (Å²) in [6.45, 7) is 3.93. The molecular weight excluding hydrogens is 343 g/mol. The highest BCUT2D eigenvalue weighted by atomic mass is 19.4. The number of ether oxygens (including phenoxy) is 2. The summed E-state index contributed by atoms with van der Waals surface area (Å²) in [5.41, 5.74) is 2.54. The number of nitrogens with zero attached hydrogens (tertiary/aromatic N) is 1. The van der Waals surface area contributed by atoms with Crippen molar-refractivity contribution < 1.29 is 22.6 Å². The summed E-state index contributed by atoms with van der Waals surface area (Å²) in [5, 5.41) is 0. The molecule has 2 aromatic rings. The van der Waals surface area contributed by atoms with Crippen LogP contribution in [-0.4, -0.2) is 25.6 Å². The maximum absolute atomic E-state index is 12.2. The highest BCUT2D eigenvalue weighted by Gasteiger charge is 2.31. The summed E-state index contributed by atoms with van der Waals surface area (Å²) < 4.78 is 46.3. The highest BCUT2D eigenvalue weighted by Crippen LogP contribution is 2.27. The zero-order valence-corrected chi connectivity index (χ0v) is 14.6. The maximum Gasteiger partial charge on any atom is 0.573 e. The smallest absolute Gasteiger partial charge is 0.490 e. The van der Waals surface area contributed by atoms with Crippen molar-refractivity contribution in [2.75, 3.05) is 18.0 Å². The minimum atomic E-state index is -4.68. The van der Waals surface area contributed by atoms with E-state index in [1.807, 2.05) is 0 Å². The lowest BCUT2D eigenvalue weighted by Gasteiger charge is -2.33. The van der Waals surface area contributed by atoms with Gasteiger partial charge < -0.3 is 14.4 Å². The molecule has 3 nitrogen and oxygen atoms in total. The van der Waals surface area contributed by atoms with Crippen LogP contribution in [0, 0.1) is 0 Å². The highest BCUT2D eigenvalue weighted by molar-refractivity contribution is 5.48. The zero-order valence-electron chi connectivity index (χ0n) is 14.6. The third kappa shape index (κ3) is 5.07. The monoisotopic (exact) mass is 365 g/mol. The molecule has 1 aliphatic rings. The first-order valence-corrected chi connectivity index (χ1v) is 8.79. The van der Waals surface area contributed by atoms with Gasteiger partial charge in [-0.05, 0) is 48.4 Å². The summed E-state index contributed by atoms with van der Waals surface area (Å²) in [6, 6.07) is 14.2. The Morgan fingerprint density at radius 3 is 2.04 bits per heavy atom. The Morgan fingerprint density at radius 2 is 1.50 bits per heavy atom. The Kier molecular flexibility index (Phi) is 5.59. The van der Waals surface area contributed by atoms with Gasteiger partial charge in [0, 0.05) is 31.6 Å². The van der Waals surface area contributed by atoms with Crippen LogP contribution in [-0.2, 0) is 6.42 Å². The average Bonchev–Trinajstić information content (AvgIpc) is 2.63. The van der Waals surface area contributed by atoms with Crippen LogP contribution in [0.3, 0.4) is 0 Å². The number of alkyl halides is 3. The lowest BCUT2D eigenvalue weighted by atomic mass is 10.1. The van der Waals surface area contributed by atoms with Crippen molar-refractivity contribution >= 4 is 5.69 Å². The minimum Gasteiger partial charge on any atom is -0.490 e. The lowest BCUT2D eigenvalue weighted by Crippen LogP contribution is -2.38. The van der Waals surface area contributed by atoms with Gasteiger partial charge in [-0.1, -0.05) is 19.1 Å². The van der Waals surface area contributed by atoms with Crippen LogP contribution in [0.25, 0.3) is 0 Å². The predicted molar refractivity (Wildman–Crippen MR) is 94.8 cm³/mol. The third-order valence-electron chi connectivity index (χ3n) is 4.51. The predicted octanol–water partition coefficient (Wildman–Crippen LogP) is 5.20. The minimum absolute atomic E-state index is 0.0653. The van der Waals surface area contributed by atoms with Crippen LogP contribution in [0.4, 0.5) is 18.9 Å². The number of aryl methyl sites for hydroxylation is 1. The summed E-state index contributed by atoms with van der Waals surface area (Å²) >= 11 is 0. The van der Waals surface area contributed by atoms with Gasteiger partial charge in [0.25, 0.3) is 0 Å². The molecule has 26 heavy (non-hydrogen) atoms. The molecule has 0 bridgehead atoms. The van der Waals surface area contributed by atoms with Crippen molar-refractivity contribution in [3.63, 3.8) is 0 Å². The number of halogens is 3. The molecule has 0 aliphatic carbocycles. The molecule has 0 saturated carbocycles. The number of benzene rings is 2. The molecule has 3 rings (SSSR count). The normalized spacial score (nSPS) is 15.8. The molecule has 2 aromatic carbocycles. The number of hydrogen-bond donors (Lipinski definition) is 0. The molecule has 0 N–H and O–H groups in total. The molecule has 140 valence electrons. The molecule has 1 fully saturated rings. The fourth-order valence-electron chi connectivity index (χ4n) is 3.09. The summed E-state index contributed by atoms with van der Waals surface area (Å²) in [6.07, 6.45) is -1.84. The Morgan fingerprint density at radius 1 is 0.923 bits per heavy atom. The van der Waals surface area contributed by atoms with Gasteiger partial charge in [0.15, 0.2) is 0 Å². The van der Waals surface area contributed by atoms with Crippen molar-refractivity contribution in [3.8, 4) is 11.5 Å².